The molecule has 2 rings (SSSR count). The van der Waals surface area contributed by atoms with E-state index in [4.69, 9.17) is 0 Å². The Morgan fingerprint density at radius 3 is 2.84 bits per heavy atom. The second-order valence-electron chi connectivity index (χ2n) is 6.58. The van der Waals surface area contributed by atoms with Gasteiger partial charge in [0, 0.05) is 37.4 Å². The van der Waals surface area contributed by atoms with E-state index in [9.17, 15) is 0 Å². The molecule has 0 amide bonds. The average Bonchev–Trinajstić information content (AvgIpc) is 2.27. The predicted molar refractivity (Wildman–Crippen MR) is 77.9 cm³/mol. The van der Waals surface area contributed by atoms with E-state index in [0.717, 1.165) is 31.2 Å². The van der Waals surface area contributed by atoms with Gasteiger partial charge in [0.15, 0.2) is 0 Å². The van der Waals surface area contributed by atoms with Crippen molar-refractivity contribution in [1.29, 1.82) is 0 Å². The van der Waals surface area contributed by atoms with Crippen molar-refractivity contribution < 1.29 is 0 Å². The standard InChI is InChI=1S/C15H26N4/c1-11(2)14-8-17-15(4,5)10-19(14)9-13-6-7-16-12(3)18-13/h6-7,11,14,17H,8-10H2,1-5H3. The lowest BCUT2D eigenvalue weighted by atomic mass is 9.93. The summed E-state index contributed by atoms with van der Waals surface area (Å²) in [6.07, 6.45) is 1.86. The van der Waals surface area contributed by atoms with Crippen LogP contribution in [0.3, 0.4) is 0 Å². The van der Waals surface area contributed by atoms with Crippen molar-refractivity contribution in [3.05, 3.63) is 23.8 Å². The number of piperazine rings is 1. The van der Waals surface area contributed by atoms with E-state index < -0.39 is 0 Å². The third-order valence-corrected chi connectivity index (χ3v) is 3.83. The highest BCUT2D eigenvalue weighted by Crippen LogP contribution is 2.21. The molecule has 1 saturated heterocycles. The second kappa shape index (κ2) is 5.55. The maximum atomic E-state index is 4.54. The fraction of sp³-hybridized carbons (Fsp3) is 0.733. The SMILES string of the molecule is Cc1nccc(CN2CC(C)(C)NCC2C(C)C)n1. The van der Waals surface area contributed by atoms with E-state index in [1.54, 1.807) is 0 Å². The van der Waals surface area contributed by atoms with Gasteiger partial charge in [-0.2, -0.15) is 0 Å². The Bertz CT molecular complexity index is 428. The van der Waals surface area contributed by atoms with E-state index in [2.05, 4.69) is 47.9 Å². The summed E-state index contributed by atoms with van der Waals surface area (Å²) < 4.78 is 0. The first-order chi connectivity index (χ1) is 8.87. The highest BCUT2D eigenvalue weighted by Gasteiger charge is 2.33. The third kappa shape index (κ3) is 3.74. The normalized spacial score (nSPS) is 23.8. The van der Waals surface area contributed by atoms with Crippen LogP contribution in [-0.2, 0) is 6.54 Å². The van der Waals surface area contributed by atoms with Gasteiger partial charge < -0.3 is 5.32 Å². The molecule has 1 atom stereocenters. The number of hydrogen-bond acceptors (Lipinski definition) is 4. The van der Waals surface area contributed by atoms with Crippen molar-refractivity contribution in [2.75, 3.05) is 13.1 Å². The van der Waals surface area contributed by atoms with E-state index >= 15 is 0 Å². The predicted octanol–water partition coefficient (Wildman–Crippen LogP) is 1.99. The van der Waals surface area contributed by atoms with Crippen molar-refractivity contribution in [3.63, 3.8) is 0 Å². The Balaban J connectivity index is 2.13. The minimum absolute atomic E-state index is 0.174. The van der Waals surface area contributed by atoms with Crippen LogP contribution < -0.4 is 5.32 Å². The van der Waals surface area contributed by atoms with Gasteiger partial charge >= 0.3 is 0 Å². The van der Waals surface area contributed by atoms with Crippen molar-refractivity contribution in [1.82, 2.24) is 20.2 Å². The highest BCUT2D eigenvalue weighted by molar-refractivity contribution is 5.04. The van der Waals surface area contributed by atoms with Gasteiger partial charge in [-0.05, 0) is 32.8 Å². The fourth-order valence-electron chi connectivity index (χ4n) is 2.82. The molecule has 1 aromatic rings. The summed E-state index contributed by atoms with van der Waals surface area (Å²) in [5, 5.41) is 3.64. The highest BCUT2D eigenvalue weighted by atomic mass is 15.3. The molecule has 106 valence electrons. The zero-order chi connectivity index (χ0) is 14.0. The van der Waals surface area contributed by atoms with Crippen LogP contribution in [0.5, 0.6) is 0 Å². The molecule has 4 heteroatoms. The van der Waals surface area contributed by atoms with E-state index in [1.165, 1.54) is 0 Å². The average molecular weight is 262 g/mol. The fourth-order valence-corrected chi connectivity index (χ4v) is 2.82. The lowest BCUT2D eigenvalue weighted by Crippen LogP contribution is -2.62. The van der Waals surface area contributed by atoms with Gasteiger partial charge in [0.25, 0.3) is 0 Å². The van der Waals surface area contributed by atoms with Gasteiger partial charge in [0.1, 0.15) is 5.82 Å². The summed E-state index contributed by atoms with van der Waals surface area (Å²) in [5.41, 5.74) is 1.30. The first-order valence-corrected chi connectivity index (χ1v) is 7.15. The van der Waals surface area contributed by atoms with Gasteiger partial charge in [-0.1, -0.05) is 13.8 Å². The van der Waals surface area contributed by atoms with Crippen molar-refractivity contribution in [2.24, 2.45) is 5.92 Å². The van der Waals surface area contributed by atoms with Gasteiger partial charge in [-0.25, -0.2) is 9.97 Å². The molecule has 1 aliphatic rings. The Labute approximate surface area is 116 Å². The molecule has 1 N–H and O–H groups in total. The van der Waals surface area contributed by atoms with Gasteiger partial charge in [0.2, 0.25) is 0 Å². The Morgan fingerprint density at radius 1 is 1.47 bits per heavy atom. The van der Waals surface area contributed by atoms with Crippen molar-refractivity contribution in [2.45, 2.75) is 52.7 Å². The van der Waals surface area contributed by atoms with Gasteiger partial charge in [0.05, 0.1) is 5.69 Å². The monoisotopic (exact) mass is 262 g/mol. The summed E-state index contributed by atoms with van der Waals surface area (Å²) in [7, 11) is 0. The topological polar surface area (TPSA) is 41.1 Å². The van der Waals surface area contributed by atoms with Crippen LogP contribution >= 0.6 is 0 Å². The van der Waals surface area contributed by atoms with Crippen LogP contribution in [0, 0.1) is 12.8 Å². The number of nitrogens with zero attached hydrogens (tertiary/aromatic N) is 3. The number of hydrogen-bond donors (Lipinski definition) is 1. The molecule has 1 unspecified atom stereocenters. The van der Waals surface area contributed by atoms with E-state index in [-0.39, 0.29) is 5.54 Å². The van der Waals surface area contributed by atoms with Crippen molar-refractivity contribution in [3.8, 4) is 0 Å². The molecule has 0 bridgehead atoms. The molecule has 0 aromatic carbocycles. The first-order valence-electron chi connectivity index (χ1n) is 7.15. The van der Waals surface area contributed by atoms with Gasteiger partial charge in [-0.3, -0.25) is 4.90 Å². The Morgan fingerprint density at radius 2 is 2.21 bits per heavy atom. The molecule has 4 nitrogen and oxygen atoms in total. The molecular weight excluding hydrogens is 236 g/mol. The molecule has 0 saturated carbocycles. The maximum Gasteiger partial charge on any atom is 0.125 e. The third-order valence-electron chi connectivity index (χ3n) is 3.83. The van der Waals surface area contributed by atoms with Gasteiger partial charge in [-0.15, -0.1) is 0 Å². The van der Waals surface area contributed by atoms with E-state index in [0.29, 0.717) is 12.0 Å². The van der Waals surface area contributed by atoms with Crippen LogP contribution in [0.1, 0.15) is 39.2 Å². The summed E-state index contributed by atoms with van der Waals surface area (Å²) in [5.74, 6) is 1.50. The van der Waals surface area contributed by atoms with Crippen LogP contribution in [0.2, 0.25) is 0 Å². The number of rotatable bonds is 3. The van der Waals surface area contributed by atoms with Crippen LogP contribution in [0.4, 0.5) is 0 Å². The molecule has 1 aliphatic heterocycles. The molecule has 19 heavy (non-hydrogen) atoms. The Kier molecular flexibility index (Phi) is 4.21. The summed E-state index contributed by atoms with van der Waals surface area (Å²) in [6.45, 7) is 14.1. The molecule has 1 fully saturated rings. The summed E-state index contributed by atoms with van der Waals surface area (Å²) >= 11 is 0. The number of nitrogens with one attached hydrogen (secondary N) is 1. The molecule has 1 aromatic heterocycles. The van der Waals surface area contributed by atoms with E-state index in [1.807, 2.05) is 19.2 Å². The minimum atomic E-state index is 0.174. The summed E-state index contributed by atoms with van der Waals surface area (Å²) in [6, 6.07) is 2.60. The number of aryl methyl sites for hydroxylation is 1. The minimum Gasteiger partial charge on any atom is -0.309 e. The number of aromatic nitrogens is 2. The first kappa shape index (κ1) is 14.4. The molecule has 0 spiro atoms. The quantitative estimate of drug-likeness (QED) is 0.904. The largest absolute Gasteiger partial charge is 0.309 e. The van der Waals surface area contributed by atoms with Crippen LogP contribution in [0.15, 0.2) is 12.3 Å². The zero-order valence-corrected chi connectivity index (χ0v) is 12.8. The summed E-state index contributed by atoms with van der Waals surface area (Å²) in [4.78, 5) is 11.3. The maximum absolute atomic E-state index is 4.54. The van der Waals surface area contributed by atoms with Crippen LogP contribution in [-0.4, -0.2) is 39.5 Å². The molecule has 0 radical (unpaired) electrons. The molecule has 2 heterocycles. The Hall–Kier alpha value is -1.00. The van der Waals surface area contributed by atoms with Crippen molar-refractivity contribution >= 4 is 0 Å². The smallest absolute Gasteiger partial charge is 0.125 e. The lowest BCUT2D eigenvalue weighted by molar-refractivity contribution is 0.0616. The van der Waals surface area contributed by atoms with Crippen LogP contribution in [0.25, 0.3) is 0 Å². The zero-order valence-electron chi connectivity index (χ0n) is 12.8. The lowest BCUT2D eigenvalue weighted by Gasteiger charge is -2.46. The molecular formula is C15H26N4. The second-order valence-corrected chi connectivity index (χ2v) is 6.58. The molecule has 0 aliphatic carbocycles.